The van der Waals surface area contributed by atoms with Gasteiger partial charge in [-0.2, -0.15) is 0 Å². The number of ether oxygens (including phenoxy) is 1. The first-order valence-corrected chi connectivity index (χ1v) is 7.58. The molecular formula is C16H24N2O2. The summed E-state index contributed by atoms with van der Waals surface area (Å²) in [5.74, 6) is 0.956. The highest BCUT2D eigenvalue weighted by Gasteiger charge is 2.30. The number of rotatable bonds is 3. The van der Waals surface area contributed by atoms with Crippen LogP contribution >= 0.6 is 0 Å². The number of nitrogens with zero attached hydrogens (tertiary/aromatic N) is 2. The van der Waals surface area contributed by atoms with E-state index < -0.39 is 0 Å². The molecule has 1 saturated carbocycles. The fourth-order valence-corrected chi connectivity index (χ4v) is 3.49. The van der Waals surface area contributed by atoms with E-state index in [2.05, 4.69) is 21.9 Å². The van der Waals surface area contributed by atoms with E-state index in [1.165, 1.54) is 5.69 Å². The first-order chi connectivity index (χ1) is 9.78. The van der Waals surface area contributed by atoms with Crippen LogP contribution in [0.25, 0.3) is 0 Å². The van der Waals surface area contributed by atoms with Gasteiger partial charge >= 0.3 is 0 Å². The van der Waals surface area contributed by atoms with Gasteiger partial charge in [0.15, 0.2) is 0 Å². The maximum Gasteiger partial charge on any atom is 0.142 e. The second-order valence-corrected chi connectivity index (χ2v) is 5.82. The lowest BCUT2D eigenvalue weighted by Gasteiger charge is -2.39. The largest absolute Gasteiger partial charge is 0.495 e. The minimum absolute atomic E-state index is 0.0766. The molecule has 0 aromatic heterocycles. The van der Waals surface area contributed by atoms with Gasteiger partial charge in [0.25, 0.3) is 0 Å². The van der Waals surface area contributed by atoms with Crippen molar-refractivity contribution in [2.24, 2.45) is 0 Å². The number of benzene rings is 1. The number of piperazine rings is 1. The monoisotopic (exact) mass is 276 g/mol. The lowest BCUT2D eigenvalue weighted by molar-refractivity contribution is 0.146. The quantitative estimate of drug-likeness (QED) is 0.912. The Morgan fingerprint density at radius 2 is 1.85 bits per heavy atom. The van der Waals surface area contributed by atoms with Crippen molar-refractivity contribution in [3.05, 3.63) is 24.3 Å². The average molecular weight is 276 g/mol. The summed E-state index contributed by atoms with van der Waals surface area (Å²) in [6, 6.07) is 8.82. The zero-order valence-corrected chi connectivity index (χ0v) is 12.2. The summed E-state index contributed by atoms with van der Waals surface area (Å²) >= 11 is 0. The predicted octanol–water partition coefficient (Wildman–Crippen LogP) is 1.73. The van der Waals surface area contributed by atoms with Crippen LogP contribution in [0.5, 0.6) is 5.75 Å². The van der Waals surface area contributed by atoms with Crippen molar-refractivity contribution < 1.29 is 9.84 Å². The van der Waals surface area contributed by atoms with Crippen molar-refractivity contribution in [1.82, 2.24) is 4.90 Å². The molecule has 2 aliphatic rings. The van der Waals surface area contributed by atoms with Crippen LogP contribution in [0.15, 0.2) is 24.3 Å². The van der Waals surface area contributed by atoms with Gasteiger partial charge in [-0.05, 0) is 31.4 Å². The van der Waals surface area contributed by atoms with Crippen molar-refractivity contribution in [3.8, 4) is 5.75 Å². The number of para-hydroxylation sites is 2. The van der Waals surface area contributed by atoms with Gasteiger partial charge in [0.2, 0.25) is 0 Å². The summed E-state index contributed by atoms with van der Waals surface area (Å²) in [6.45, 7) is 4.23. The minimum atomic E-state index is -0.0766. The van der Waals surface area contributed by atoms with Crippen LogP contribution in [0.1, 0.15) is 19.3 Å². The van der Waals surface area contributed by atoms with Gasteiger partial charge in [-0.15, -0.1) is 0 Å². The number of aliphatic hydroxyl groups excluding tert-OH is 1. The molecule has 1 aliphatic heterocycles. The second-order valence-electron chi connectivity index (χ2n) is 5.82. The van der Waals surface area contributed by atoms with E-state index >= 15 is 0 Å². The summed E-state index contributed by atoms with van der Waals surface area (Å²) in [6.07, 6.45) is 2.99. The van der Waals surface area contributed by atoms with Crippen LogP contribution in [-0.2, 0) is 0 Å². The topological polar surface area (TPSA) is 35.9 Å². The molecule has 1 saturated heterocycles. The average Bonchev–Trinajstić information content (AvgIpc) is 2.94. The van der Waals surface area contributed by atoms with Gasteiger partial charge in [-0.1, -0.05) is 12.1 Å². The summed E-state index contributed by atoms with van der Waals surface area (Å²) in [5.41, 5.74) is 1.20. The zero-order chi connectivity index (χ0) is 13.9. The lowest BCUT2D eigenvalue weighted by atomic mass is 10.1. The molecule has 2 unspecified atom stereocenters. The molecule has 0 radical (unpaired) electrons. The van der Waals surface area contributed by atoms with E-state index in [4.69, 9.17) is 4.74 Å². The maximum absolute atomic E-state index is 9.67. The van der Waals surface area contributed by atoms with Gasteiger partial charge in [-0.25, -0.2) is 0 Å². The summed E-state index contributed by atoms with van der Waals surface area (Å²) in [5, 5.41) is 9.67. The van der Waals surface area contributed by atoms with Crippen molar-refractivity contribution in [3.63, 3.8) is 0 Å². The van der Waals surface area contributed by atoms with E-state index in [-0.39, 0.29) is 6.10 Å². The van der Waals surface area contributed by atoms with Gasteiger partial charge < -0.3 is 14.7 Å². The molecule has 2 atom stereocenters. The minimum Gasteiger partial charge on any atom is -0.495 e. The van der Waals surface area contributed by atoms with Gasteiger partial charge in [0.05, 0.1) is 18.9 Å². The van der Waals surface area contributed by atoms with Crippen LogP contribution < -0.4 is 9.64 Å². The highest BCUT2D eigenvalue weighted by Crippen LogP contribution is 2.30. The molecule has 0 spiro atoms. The Morgan fingerprint density at radius 3 is 2.50 bits per heavy atom. The highest BCUT2D eigenvalue weighted by atomic mass is 16.5. The maximum atomic E-state index is 9.67. The second kappa shape index (κ2) is 6.02. The molecule has 2 fully saturated rings. The van der Waals surface area contributed by atoms with Crippen LogP contribution in [0.3, 0.4) is 0 Å². The van der Waals surface area contributed by atoms with Crippen molar-refractivity contribution in [2.75, 3.05) is 38.2 Å². The van der Waals surface area contributed by atoms with E-state index in [1.54, 1.807) is 7.11 Å². The molecule has 1 aromatic carbocycles. The fraction of sp³-hybridized carbons (Fsp3) is 0.625. The van der Waals surface area contributed by atoms with Gasteiger partial charge in [0, 0.05) is 32.2 Å². The molecule has 1 aromatic rings. The third-order valence-electron chi connectivity index (χ3n) is 4.63. The number of hydrogen-bond acceptors (Lipinski definition) is 4. The van der Waals surface area contributed by atoms with E-state index in [1.807, 2.05) is 12.1 Å². The number of methoxy groups -OCH3 is 1. The Balaban J connectivity index is 1.61. The van der Waals surface area contributed by atoms with Gasteiger partial charge in [0.1, 0.15) is 5.75 Å². The Hall–Kier alpha value is -1.26. The number of anilines is 1. The summed E-state index contributed by atoms with van der Waals surface area (Å²) in [7, 11) is 1.73. The normalized spacial score (nSPS) is 27.8. The Labute approximate surface area is 120 Å². The molecule has 1 N–H and O–H groups in total. The fourth-order valence-electron chi connectivity index (χ4n) is 3.49. The Kier molecular flexibility index (Phi) is 4.13. The van der Waals surface area contributed by atoms with Gasteiger partial charge in [-0.3, -0.25) is 4.90 Å². The zero-order valence-electron chi connectivity index (χ0n) is 12.2. The van der Waals surface area contributed by atoms with Crippen molar-refractivity contribution in [2.45, 2.75) is 31.4 Å². The van der Waals surface area contributed by atoms with Crippen LogP contribution in [0, 0.1) is 0 Å². The Morgan fingerprint density at radius 1 is 1.10 bits per heavy atom. The number of hydrogen-bond donors (Lipinski definition) is 1. The summed E-state index contributed by atoms with van der Waals surface area (Å²) < 4.78 is 5.45. The van der Waals surface area contributed by atoms with Crippen LogP contribution in [0.4, 0.5) is 5.69 Å². The molecule has 0 amide bonds. The van der Waals surface area contributed by atoms with Crippen molar-refractivity contribution in [1.29, 1.82) is 0 Å². The molecule has 110 valence electrons. The van der Waals surface area contributed by atoms with E-state index in [0.29, 0.717) is 6.04 Å². The first-order valence-electron chi connectivity index (χ1n) is 7.58. The molecule has 4 heteroatoms. The lowest BCUT2D eigenvalue weighted by Crippen LogP contribution is -2.50. The van der Waals surface area contributed by atoms with E-state index in [0.717, 1.165) is 51.2 Å². The molecular weight excluding hydrogens is 252 g/mol. The first kappa shape index (κ1) is 13.7. The standard InChI is InChI=1S/C16H24N2O2/c1-20-16-5-3-2-4-15(16)18-10-8-17(9-11-18)13-6-7-14(19)12-13/h2-5,13-14,19H,6-12H2,1H3. The molecule has 20 heavy (non-hydrogen) atoms. The predicted molar refractivity (Wildman–Crippen MR) is 80.4 cm³/mol. The molecule has 4 nitrogen and oxygen atoms in total. The smallest absolute Gasteiger partial charge is 0.142 e. The van der Waals surface area contributed by atoms with Crippen LogP contribution in [0.2, 0.25) is 0 Å². The van der Waals surface area contributed by atoms with E-state index in [9.17, 15) is 5.11 Å². The van der Waals surface area contributed by atoms with Crippen LogP contribution in [-0.4, -0.2) is 55.4 Å². The molecule has 3 rings (SSSR count). The molecule has 1 heterocycles. The molecule has 0 bridgehead atoms. The SMILES string of the molecule is COc1ccccc1N1CCN(C2CCC(O)C2)CC1. The third kappa shape index (κ3) is 2.76. The molecule has 1 aliphatic carbocycles. The van der Waals surface area contributed by atoms with Crippen molar-refractivity contribution >= 4 is 5.69 Å². The summed E-state index contributed by atoms with van der Waals surface area (Å²) in [4.78, 5) is 4.95. The number of aliphatic hydroxyl groups is 1. The Bertz CT molecular complexity index is 444. The highest BCUT2D eigenvalue weighted by molar-refractivity contribution is 5.58. The third-order valence-corrected chi connectivity index (χ3v) is 4.63.